The zero-order valence-electron chi connectivity index (χ0n) is 10.0. The number of hydrogen-bond donors (Lipinski definition) is 1. The molecule has 0 aliphatic heterocycles. The number of aryl methyl sites for hydroxylation is 1. The van der Waals surface area contributed by atoms with E-state index in [0.717, 1.165) is 5.56 Å². The molecule has 2 rings (SSSR count). The highest BCUT2D eigenvalue weighted by atomic mass is 16.5. The van der Waals surface area contributed by atoms with Crippen molar-refractivity contribution in [1.29, 1.82) is 0 Å². The van der Waals surface area contributed by atoms with Gasteiger partial charge in [-0.2, -0.15) is 0 Å². The first kappa shape index (κ1) is 12.0. The van der Waals surface area contributed by atoms with Gasteiger partial charge in [-0.05, 0) is 19.1 Å². The van der Waals surface area contributed by atoms with Crippen LogP contribution in [0.3, 0.4) is 0 Å². The van der Waals surface area contributed by atoms with Crippen LogP contribution in [0.15, 0.2) is 30.6 Å². The van der Waals surface area contributed by atoms with Gasteiger partial charge >= 0.3 is 5.97 Å². The van der Waals surface area contributed by atoms with E-state index in [1.807, 2.05) is 19.1 Å². The minimum Gasteiger partial charge on any atom is -0.496 e. The molecule has 0 saturated carbocycles. The minimum absolute atomic E-state index is 0.0820. The van der Waals surface area contributed by atoms with Crippen molar-refractivity contribution in [2.75, 3.05) is 7.11 Å². The number of aromatic nitrogens is 2. The maximum absolute atomic E-state index is 11.1. The molecular weight excluding hydrogens is 232 g/mol. The van der Waals surface area contributed by atoms with Crippen molar-refractivity contribution in [1.82, 2.24) is 9.97 Å². The molecule has 5 heteroatoms. The van der Waals surface area contributed by atoms with Crippen molar-refractivity contribution in [3.8, 4) is 17.0 Å². The predicted octanol–water partition coefficient (Wildman–Crippen LogP) is 2.16. The van der Waals surface area contributed by atoms with E-state index in [2.05, 4.69) is 9.97 Å². The van der Waals surface area contributed by atoms with Crippen LogP contribution in [0.1, 0.15) is 16.1 Å². The molecule has 0 spiro atoms. The van der Waals surface area contributed by atoms with Gasteiger partial charge in [0, 0.05) is 18.0 Å². The van der Waals surface area contributed by atoms with Gasteiger partial charge in [-0.1, -0.05) is 11.6 Å². The largest absolute Gasteiger partial charge is 0.496 e. The van der Waals surface area contributed by atoms with Gasteiger partial charge in [0.2, 0.25) is 0 Å². The first-order valence-electron chi connectivity index (χ1n) is 5.33. The van der Waals surface area contributed by atoms with E-state index in [-0.39, 0.29) is 5.69 Å². The molecule has 5 nitrogen and oxygen atoms in total. The summed E-state index contributed by atoms with van der Waals surface area (Å²) in [6, 6.07) is 5.50. The van der Waals surface area contributed by atoms with Crippen LogP contribution in [0.5, 0.6) is 5.75 Å². The van der Waals surface area contributed by atoms with Gasteiger partial charge in [0.15, 0.2) is 5.69 Å². The van der Waals surface area contributed by atoms with Gasteiger partial charge in [-0.15, -0.1) is 0 Å². The molecule has 1 heterocycles. The highest BCUT2D eigenvalue weighted by Gasteiger charge is 2.17. The average Bonchev–Trinajstić information content (AvgIpc) is 2.38. The molecule has 2 aromatic rings. The van der Waals surface area contributed by atoms with Crippen molar-refractivity contribution in [3.63, 3.8) is 0 Å². The lowest BCUT2D eigenvalue weighted by Crippen LogP contribution is -2.05. The van der Waals surface area contributed by atoms with Crippen molar-refractivity contribution in [2.24, 2.45) is 0 Å². The van der Waals surface area contributed by atoms with E-state index in [1.165, 1.54) is 19.5 Å². The summed E-state index contributed by atoms with van der Waals surface area (Å²) in [4.78, 5) is 19.1. The normalized spacial score (nSPS) is 10.1. The van der Waals surface area contributed by atoms with Crippen LogP contribution in [0.4, 0.5) is 0 Å². The van der Waals surface area contributed by atoms with Crippen molar-refractivity contribution in [2.45, 2.75) is 6.92 Å². The molecule has 92 valence electrons. The third kappa shape index (κ3) is 2.15. The standard InChI is InChI=1S/C13H12N2O3/c1-8-3-4-10(18-2)9(7-8)11-12(13(16)17)15-6-5-14-11/h3-7H,1-2H3,(H,16,17). The number of hydrogen-bond acceptors (Lipinski definition) is 4. The molecule has 0 aliphatic rings. The molecule has 0 bridgehead atoms. The summed E-state index contributed by atoms with van der Waals surface area (Å²) in [5, 5.41) is 9.12. The number of ether oxygens (including phenoxy) is 1. The lowest BCUT2D eigenvalue weighted by Gasteiger charge is -2.10. The summed E-state index contributed by atoms with van der Waals surface area (Å²) in [5.74, 6) is -0.537. The number of carboxylic acids is 1. The number of nitrogens with zero attached hydrogens (tertiary/aromatic N) is 2. The Morgan fingerprint density at radius 3 is 2.67 bits per heavy atom. The molecular formula is C13H12N2O3. The number of carbonyl (C=O) groups is 1. The smallest absolute Gasteiger partial charge is 0.356 e. The van der Waals surface area contributed by atoms with Gasteiger partial charge < -0.3 is 9.84 Å². The van der Waals surface area contributed by atoms with E-state index in [9.17, 15) is 4.79 Å². The Bertz CT molecular complexity index is 597. The molecule has 1 N–H and O–H groups in total. The summed E-state index contributed by atoms with van der Waals surface area (Å²) in [6.45, 7) is 1.92. The lowest BCUT2D eigenvalue weighted by molar-refractivity contribution is 0.0691. The summed E-state index contributed by atoms with van der Waals surface area (Å²) in [7, 11) is 1.53. The van der Waals surface area contributed by atoms with Gasteiger partial charge in [0.25, 0.3) is 0 Å². The van der Waals surface area contributed by atoms with Crippen molar-refractivity contribution >= 4 is 5.97 Å². The van der Waals surface area contributed by atoms with E-state index in [1.54, 1.807) is 6.07 Å². The second-order valence-corrected chi connectivity index (χ2v) is 3.76. The number of carboxylic acid groups (broad SMARTS) is 1. The monoisotopic (exact) mass is 244 g/mol. The number of methoxy groups -OCH3 is 1. The average molecular weight is 244 g/mol. The fraction of sp³-hybridized carbons (Fsp3) is 0.154. The highest BCUT2D eigenvalue weighted by molar-refractivity contribution is 5.93. The second kappa shape index (κ2) is 4.83. The molecule has 0 saturated heterocycles. The summed E-state index contributed by atoms with van der Waals surface area (Å²) >= 11 is 0. The number of aromatic carboxylic acids is 1. The Morgan fingerprint density at radius 1 is 1.28 bits per heavy atom. The Balaban J connectivity index is 2.68. The van der Waals surface area contributed by atoms with E-state index in [4.69, 9.17) is 9.84 Å². The van der Waals surface area contributed by atoms with Gasteiger partial charge in [0.05, 0.1) is 7.11 Å². The lowest BCUT2D eigenvalue weighted by atomic mass is 10.1. The summed E-state index contributed by atoms with van der Waals surface area (Å²) in [5.41, 5.74) is 1.85. The Morgan fingerprint density at radius 2 is 2.00 bits per heavy atom. The first-order chi connectivity index (χ1) is 8.63. The highest BCUT2D eigenvalue weighted by Crippen LogP contribution is 2.30. The van der Waals surface area contributed by atoms with Crippen LogP contribution in [-0.4, -0.2) is 28.2 Å². The Hall–Kier alpha value is -2.43. The fourth-order valence-electron chi connectivity index (χ4n) is 1.70. The third-order valence-electron chi connectivity index (χ3n) is 2.51. The summed E-state index contributed by atoms with van der Waals surface area (Å²) < 4.78 is 5.23. The molecule has 0 fully saturated rings. The van der Waals surface area contributed by atoms with Gasteiger partial charge in [-0.25, -0.2) is 9.78 Å². The number of benzene rings is 1. The molecule has 0 radical (unpaired) electrons. The van der Waals surface area contributed by atoms with E-state index >= 15 is 0 Å². The van der Waals surface area contributed by atoms with Gasteiger partial charge in [-0.3, -0.25) is 4.98 Å². The predicted molar refractivity (Wildman–Crippen MR) is 65.7 cm³/mol. The molecule has 0 amide bonds. The molecule has 0 aliphatic carbocycles. The zero-order valence-corrected chi connectivity index (χ0v) is 10.0. The van der Waals surface area contributed by atoms with E-state index < -0.39 is 5.97 Å². The van der Waals surface area contributed by atoms with Crippen LogP contribution in [-0.2, 0) is 0 Å². The number of rotatable bonds is 3. The Labute approximate surface area is 104 Å². The SMILES string of the molecule is COc1ccc(C)cc1-c1nccnc1C(=O)O. The minimum atomic E-state index is -1.11. The first-order valence-corrected chi connectivity index (χ1v) is 5.33. The fourth-order valence-corrected chi connectivity index (χ4v) is 1.70. The molecule has 0 unspecified atom stereocenters. The van der Waals surface area contributed by atoms with Crippen LogP contribution in [0.2, 0.25) is 0 Å². The van der Waals surface area contributed by atoms with Crippen LogP contribution < -0.4 is 4.74 Å². The summed E-state index contributed by atoms with van der Waals surface area (Å²) in [6.07, 6.45) is 2.82. The zero-order chi connectivity index (χ0) is 13.1. The Kier molecular flexibility index (Phi) is 3.23. The topological polar surface area (TPSA) is 72.3 Å². The van der Waals surface area contributed by atoms with Gasteiger partial charge in [0.1, 0.15) is 11.4 Å². The van der Waals surface area contributed by atoms with E-state index in [0.29, 0.717) is 17.0 Å². The molecule has 18 heavy (non-hydrogen) atoms. The second-order valence-electron chi connectivity index (χ2n) is 3.76. The van der Waals surface area contributed by atoms with Crippen molar-refractivity contribution < 1.29 is 14.6 Å². The van der Waals surface area contributed by atoms with Crippen LogP contribution in [0, 0.1) is 6.92 Å². The quantitative estimate of drug-likeness (QED) is 0.895. The third-order valence-corrected chi connectivity index (χ3v) is 2.51. The molecule has 0 atom stereocenters. The maximum Gasteiger partial charge on any atom is 0.356 e. The maximum atomic E-state index is 11.1. The van der Waals surface area contributed by atoms with Crippen molar-refractivity contribution in [3.05, 3.63) is 41.9 Å². The van der Waals surface area contributed by atoms with Crippen LogP contribution in [0.25, 0.3) is 11.3 Å². The van der Waals surface area contributed by atoms with Crippen LogP contribution >= 0.6 is 0 Å². The molecule has 1 aromatic heterocycles. The molecule has 1 aromatic carbocycles.